The van der Waals surface area contributed by atoms with Crippen LogP contribution in [0.2, 0.25) is 0 Å². The first-order valence-electron chi connectivity index (χ1n) is 9.18. The van der Waals surface area contributed by atoms with Gasteiger partial charge in [-0.05, 0) is 78.0 Å². The van der Waals surface area contributed by atoms with Crippen molar-refractivity contribution in [3.8, 4) is 0 Å². The maximum Gasteiger partial charge on any atom is 0.263 e. The Labute approximate surface area is 164 Å². The summed E-state index contributed by atoms with van der Waals surface area (Å²) in [6.45, 7) is 9.41. The highest BCUT2D eigenvalue weighted by molar-refractivity contribution is 7.22. The predicted octanol–water partition coefficient (Wildman–Crippen LogP) is 4.72. The molecule has 144 valence electrons. The summed E-state index contributed by atoms with van der Waals surface area (Å²) >= 11 is 1.57. The van der Waals surface area contributed by atoms with Gasteiger partial charge in [0.2, 0.25) is 0 Å². The third-order valence-corrected chi connectivity index (χ3v) is 5.85. The molecule has 3 rings (SSSR count). The maximum atomic E-state index is 13.3. The predicted molar refractivity (Wildman–Crippen MR) is 112 cm³/mol. The highest BCUT2D eigenvalue weighted by atomic mass is 32.1. The molecule has 27 heavy (non-hydrogen) atoms. The third kappa shape index (κ3) is 4.06. The average Bonchev–Trinajstić information content (AvgIpc) is 3.17. The molecule has 1 amide bonds. The molecule has 2 aromatic heterocycles. The van der Waals surface area contributed by atoms with Gasteiger partial charge in [0.05, 0.1) is 15.8 Å². The molecule has 0 aliphatic rings. The van der Waals surface area contributed by atoms with Gasteiger partial charge in [-0.25, -0.2) is 4.98 Å². The molecule has 0 atom stereocenters. The first-order chi connectivity index (χ1) is 12.8. The minimum atomic E-state index is -0.0449. The van der Waals surface area contributed by atoms with Crippen LogP contribution >= 0.6 is 11.3 Å². The lowest BCUT2D eigenvalue weighted by atomic mass is 10.1. The number of furan rings is 1. The van der Waals surface area contributed by atoms with Crippen LogP contribution in [0.1, 0.15) is 39.4 Å². The van der Waals surface area contributed by atoms with E-state index >= 15 is 0 Å². The second-order valence-electron chi connectivity index (χ2n) is 7.29. The fourth-order valence-corrected chi connectivity index (χ4v) is 4.20. The van der Waals surface area contributed by atoms with Crippen molar-refractivity contribution < 1.29 is 9.21 Å². The summed E-state index contributed by atoms with van der Waals surface area (Å²) < 4.78 is 6.70. The lowest BCUT2D eigenvalue weighted by molar-refractivity contribution is 0.0984. The van der Waals surface area contributed by atoms with Crippen LogP contribution in [0.5, 0.6) is 0 Å². The van der Waals surface area contributed by atoms with Gasteiger partial charge in [0.25, 0.3) is 5.91 Å². The number of hydrogen-bond acceptors (Lipinski definition) is 5. The number of thiazole rings is 1. The number of fused-ring (bicyclic) bond motifs is 1. The van der Waals surface area contributed by atoms with Gasteiger partial charge in [-0.3, -0.25) is 9.69 Å². The van der Waals surface area contributed by atoms with Crippen LogP contribution in [0.4, 0.5) is 5.13 Å². The molecule has 0 aliphatic heterocycles. The third-order valence-electron chi connectivity index (χ3n) is 4.81. The van der Waals surface area contributed by atoms with Crippen molar-refractivity contribution in [1.29, 1.82) is 0 Å². The van der Waals surface area contributed by atoms with E-state index in [1.165, 1.54) is 11.1 Å². The smallest absolute Gasteiger partial charge is 0.263 e. The molecule has 2 heterocycles. The molecule has 3 aromatic rings. The first kappa shape index (κ1) is 19.6. The number of carbonyl (C=O) groups excluding carboxylic acids is 1. The molecule has 0 bridgehead atoms. The highest BCUT2D eigenvalue weighted by Crippen LogP contribution is 2.33. The molecule has 0 radical (unpaired) electrons. The number of rotatable bonds is 6. The summed E-state index contributed by atoms with van der Waals surface area (Å²) in [7, 11) is 4.08. The minimum Gasteiger partial charge on any atom is -0.466 e. The fraction of sp³-hybridized carbons (Fsp3) is 0.429. The molecule has 0 spiro atoms. The number of amides is 1. The molecule has 0 unspecified atom stereocenters. The van der Waals surface area contributed by atoms with E-state index < -0.39 is 0 Å². The lowest BCUT2D eigenvalue weighted by Crippen LogP contribution is -2.33. The van der Waals surface area contributed by atoms with Crippen molar-refractivity contribution in [2.75, 3.05) is 32.1 Å². The Morgan fingerprint density at radius 3 is 2.52 bits per heavy atom. The van der Waals surface area contributed by atoms with Crippen LogP contribution in [0.25, 0.3) is 10.2 Å². The monoisotopic (exact) mass is 385 g/mol. The van der Waals surface area contributed by atoms with Crippen molar-refractivity contribution in [3.63, 3.8) is 0 Å². The molecule has 6 heteroatoms. The standard InChI is InChI=1S/C21H27N3O2S/c1-13-8-9-18-19(15(13)3)22-21(27-18)24(11-7-10-23(5)6)20(25)17-12-14(2)26-16(17)4/h8-9,12H,7,10-11H2,1-6H3. The van der Waals surface area contributed by atoms with Crippen LogP contribution in [0, 0.1) is 27.7 Å². The van der Waals surface area contributed by atoms with E-state index in [1.54, 1.807) is 16.2 Å². The Morgan fingerprint density at radius 1 is 1.15 bits per heavy atom. The Morgan fingerprint density at radius 2 is 1.89 bits per heavy atom. The normalized spacial score (nSPS) is 11.5. The summed E-state index contributed by atoms with van der Waals surface area (Å²) in [5, 5.41) is 0.751. The summed E-state index contributed by atoms with van der Waals surface area (Å²) in [5.41, 5.74) is 3.99. The number of hydrogen-bond donors (Lipinski definition) is 0. The quantitative estimate of drug-likeness (QED) is 0.616. The van der Waals surface area contributed by atoms with Crippen molar-refractivity contribution in [2.24, 2.45) is 0 Å². The van der Waals surface area contributed by atoms with Crippen molar-refractivity contribution in [1.82, 2.24) is 9.88 Å². The SMILES string of the molecule is Cc1cc(C(=O)N(CCCN(C)C)c2nc3c(C)c(C)ccc3s2)c(C)o1. The van der Waals surface area contributed by atoms with Gasteiger partial charge in [-0.2, -0.15) is 0 Å². The zero-order valence-electron chi connectivity index (χ0n) is 16.9. The second-order valence-corrected chi connectivity index (χ2v) is 8.30. The summed E-state index contributed by atoms with van der Waals surface area (Å²) in [6, 6.07) is 6.02. The van der Waals surface area contributed by atoms with Gasteiger partial charge in [0.1, 0.15) is 11.5 Å². The highest BCUT2D eigenvalue weighted by Gasteiger charge is 2.24. The number of anilines is 1. The zero-order valence-corrected chi connectivity index (χ0v) is 17.7. The minimum absolute atomic E-state index is 0.0449. The Hall–Kier alpha value is -2.18. The van der Waals surface area contributed by atoms with E-state index in [-0.39, 0.29) is 5.91 Å². The van der Waals surface area contributed by atoms with E-state index in [2.05, 4.69) is 30.9 Å². The molecule has 0 aliphatic carbocycles. The Bertz CT molecular complexity index is 971. The van der Waals surface area contributed by atoms with E-state index in [4.69, 9.17) is 9.40 Å². The van der Waals surface area contributed by atoms with Gasteiger partial charge >= 0.3 is 0 Å². The average molecular weight is 386 g/mol. The van der Waals surface area contributed by atoms with Gasteiger partial charge in [0, 0.05) is 6.54 Å². The number of nitrogens with zero attached hydrogens (tertiary/aromatic N) is 3. The molecule has 0 N–H and O–H groups in total. The van der Waals surface area contributed by atoms with Gasteiger partial charge in [-0.1, -0.05) is 17.4 Å². The van der Waals surface area contributed by atoms with E-state index in [1.807, 2.05) is 34.0 Å². The maximum absolute atomic E-state index is 13.3. The largest absolute Gasteiger partial charge is 0.466 e. The topological polar surface area (TPSA) is 49.6 Å². The molecule has 5 nitrogen and oxygen atoms in total. The van der Waals surface area contributed by atoms with Crippen molar-refractivity contribution in [3.05, 3.63) is 46.4 Å². The number of benzene rings is 1. The first-order valence-corrected chi connectivity index (χ1v) is 10.00. The van der Waals surface area contributed by atoms with Crippen molar-refractivity contribution in [2.45, 2.75) is 34.1 Å². The van der Waals surface area contributed by atoms with Crippen LogP contribution in [0.3, 0.4) is 0 Å². The van der Waals surface area contributed by atoms with Crippen LogP contribution < -0.4 is 4.90 Å². The van der Waals surface area contributed by atoms with Crippen LogP contribution in [-0.2, 0) is 0 Å². The van der Waals surface area contributed by atoms with Crippen LogP contribution in [-0.4, -0.2) is 43.0 Å². The molecule has 0 saturated heterocycles. The molecule has 1 aromatic carbocycles. The molecular weight excluding hydrogens is 358 g/mol. The molecular formula is C21H27N3O2S. The van der Waals surface area contributed by atoms with Gasteiger partial charge < -0.3 is 9.32 Å². The summed E-state index contributed by atoms with van der Waals surface area (Å²) in [6.07, 6.45) is 0.878. The Kier molecular flexibility index (Phi) is 5.67. The lowest BCUT2D eigenvalue weighted by Gasteiger charge is -2.20. The van der Waals surface area contributed by atoms with Gasteiger partial charge in [0.15, 0.2) is 5.13 Å². The van der Waals surface area contributed by atoms with E-state index in [9.17, 15) is 4.79 Å². The summed E-state index contributed by atoms with van der Waals surface area (Å²) in [5.74, 6) is 1.36. The molecule has 0 fully saturated rings. The zero-order chi connectivity index (χ0) is 19.7. The van der Waals surface area contributed by atoms with Crippen molar-refractivity contribution >= 4 is 32.6 Å². The summed E-state index contributed by atoms with van der Waals surface area (Å²) in [4.78, 5) is 22.1. The fourth-order valence-electron chi connectivity index (χ4n) is 3.15. The van der Waals surface area contributed by atoms with Gasteiger partial charge in [-0.15, -0.1) is 0 Å². The second kappa shape index (κ2) is 7.82. The Balaban J connectivity index is 2.00. The van der Waals surface area contributed by atoms with Crippen LogP contribution in [0.15, 0.2) is 22.6 Å². The number of aromatic nitrogens is 1. The molecule has 0 saturated carbocycles. The van der Waals surface area contributed by atoms with E-state index in [0.29, 0.717) is 17.9 Å². The van der Waals surface area contributed by atoms with E-state index in [0.717, 1.165) is 34.1 Å². The number of aryl methyl sites for hydroxylation is 4. The number of carbonyl (C=O) groups is 1.